The zero-order chi connectivity index (χ0) is 16.9. The third kappa shape index (κ3) is 3.85. The van der Waals surface area contributed by atoms with E-state index in [1.54, 1.807) is 6.20 Å². The molecule has 1 atom stereocenters. The number of likely N-dealkylation sites (tertiary alicyclic amines) is 1. The normalized spacial score (nSPS) is 16.9. The second kappa shape index (κ2) is 7.34. The molecule has 2 amide bonds. The molecule has 0 aliphatic carbocycles. The Morgan fingerprint density at radius 1 is 1.29 bits per heavy atom. The van der Waals surface area contributed by atoms with Gasteiger partial charge in [0.1, 0.15) is 5.82 Å². The maximum atomic E-state index is 12.4. The number of pyridine rings is 1. The second-order valence-electron chi connectivity index (χ2n) is 6.42. The summed E-state index contributed by atoms with van der Waals surface area (Å²) in [7, 11) is 3.91. The number of carbonyl (C=O) groups is 1. The van der Waals surface area contributed by atoms with Crippen LogP contribution in [0.3, 0.4) is 0 Å². The third-order valence-electron chi connectivity index (χ3n) is 4.46. The van der Waals surface area contributed by atoms with Crippen LogP contribution in [0, 0.1) is 0 Å². The highest BCUT2D eigenvalue weighted by atomic mass is 16.2. The van der Waals surface area contributed by atoms with Gasteiger partial charge in [-0.05, 0) is 29.7 Å². The highest BCUT2D eigenvalue weighted by molar-refractivity contribution is 5.74. The van der Waals surface area contributed by atoms with Gasteiger partial charge in [0.25, 0.3) is 0 Å². The molecule has 0 bridgehead atoms. The van der Waals surface area contributed by atoms with Crippen molar-refractivity contribution in [2.75, 3.05) is 32.1 Å². The average molecular weight is 324 g/mol. The highest BCUT2D eigenvalue weighted by Crippen LogP contribution is 2.26. The predicted molar refractivity (Wildman–Crippen MR) is 96.2 cm³/mol. The molecular formula is C19H24N4O. The summed E-state index contributed by atoms with van der Waals surface area (Å²) >= 11 is 0. The Morgan fingerprint density at radius 2 is 2.08 bits per heavy atom. The van der Waals surface area contributed by atoms with Crippen molar-refractivity contribution in [1.29, 1.82) is 0 Å². The molecule has 0 unspecified atom stereocenters. The van der Waals surface area contributed by atoms with Crippen molar-refractivity contribution < 1.29 is 4.79 Å². The lowest BCUT2D eigenvalue weighted by atomic mass is 9.99. The van der Waals surface area contributed by atoms with Gasteiger partial charge in [0.05, 0.1) is 0 Å². The van der Waals surface area contributed by atoms with E-state index in [0.29, 0.717) is 12.5 Å². The number of carbonyl (C=O) groups excluding carboxylic acids is 1. The predicted octanol–water partition coefficient (Wildman–Crippen LogP) is 2.85. The number of urea groups is 1. The van der Waals surface area contributed by atoms with Crippen molar-refractivity contribution in [3.05, 3.63) is 59.8 Å². The summed E-state index contributed by atoms with van der Waals surface area (Å²) in [4.78, 5) is 20.6. The monoisotopic (exact) mass is 324 g/mol. The smallest absolute Gasteiger partial charge is 0.317 e. The van der Waals surface area contributed by atoms with E-state index in [-0.39, 0.29) is 6.03 Å². The van der Waals surface area contributed by atoms with E-state index >= 15 is 0 Å². The first-order valence-electron chi connectivity index (χ1n) is 8.33. The average Bonchev–Trinajstić information content (AvgIpc) is 3.11. The molecule has 0 spiro atoms. The molecule has 0 radical (unpaired) electrons. The van der Waals surface area contributed by atoms with Crippen molar-refractivity contribution in [2.24, 2.45) is 0 Å². The molecule has 5 heteroatoms. The van der Waals surface area contributed by atoms with Crippen LogP contribution in [0.2, 0.25) is 0 Å². The van der Waals surface area contributed by atoms with Gasteiger partial charge >= 0.3 is 6.03 Å². The number of benzene rings is 1. The fourth-order valence-corrected chi connectivity index (χ4v) is 3.05. The van der Waals surface area contributed by atoms with E-state index in [4.69, 9.17) is 0 Å². The fourth-order valence-electron chi connectivity index (χ4n) is 3.05. The number of hydrogen-bond donors (Lipinski definition) is 1. The summed E-state index contributed by atoms with van der Waals surface area (Å²) < 4.78 is 0. The zero-order valence-corrected chi connectivity index (χ0v) is 14.3. The van der Waals surface area contributed by atoms with E-state index in [9.17, 15) is 4.79 Å². The molecule has 0 saturated carbocycles. The Labute approximate surface area is 143 Å². The lowest BCUT2D eigenvalue weighted by Gasteiger charge is -2.18. The van der Waals surface area contributed by atoms with Crippen molar-refractivity contribution >= 4 is 11.8 Å². The van der Waals surface area contributed by atoms with Crippen LogP contribution in [0.5, 0.6) is 0 Å². The maximum Gasteiger partial charge on any atom is 0.317 e. The first kappa shape index (κ1) is 16.3. The number of nitrogens with one attached hydrogen (secondary N) is 1. The van der Waals surface area contributed by atoms with Gasteiger partial charge in [-0.3, -0.25) is 0 Å². The van der Waals surface area contributed by atoms with E-state index in [0.717, 1.165) is 30.9 Å². The molecule has 1 aromatic heterocycles. The SMILES string of the molecule is CN(C)c1cc(CNC(=O)N2CC[C@@H](c3ccccc3)C2)ccn1. The van der Waals surface area contributed by atoms with Crippen molar-refractivity contribution in [3.63, 3.8) is 0 Å². The van der Waals surface area contributed by atoms with Gasteiger partial charge in [0, 0.05) is 45.8 Å². The first-order valence-corrected chi connectivity index (χ1v) is 8.33. The van der Waals surface area contributed by atoms with E-state index < -0.39 is 0 Å². The standard InChI is InChI=1S/C19H24N4O/c1-22(2)18-12-15(8-10-20-18)13-21-19(24)23-11-9-17(14-23)16-6-4-3-5-7-16/h3-8,10,12,17H,9,11,13-14H2,1-2H3,(H,21,24)/t17-/m1/s1. The quantitative estimate of drug-likeness (QED) is 0.941. The van der Waals surface area contributed by atoms with Crippen LogP contribution in [-0.2, 0) is 6.54 Å². The summed E-state index contributed by atoms with van der Waals surface area (Å²) in [5.41, 5.74) is 2.37. The minimum atomic E-state index is 0.0108. The highest BCUT2D eigenvalue weighted by Gasteiger charge is 2.26. The summed E-state index contributed by atoms with van der Waals surface area (Å²) in [6.07, 6.45) is 2.80. The van der Waals surface area contributed by atoms with Gasteiger partial charge in [-0.1, -0.05) is 30.3 Å². The number of hydrogen-bond acceptors (Lipinski definition) is 3. The van der Waals surface area contributed by atoms with E-state index in [1.165, 1.54) is 5.56 Å². The van der Waals surface area contributed by atoms with Crippen LogP contribution in [0.15, 0.2) is 48.7 Å². The molecule has 1 aromatic carbocycles. The molecule has 3 rings (SSSR count). The molecule has 1 aliphatic heterocycles. The molecule has 1 aliphatic rings. The maximum absolute atomic E-state index is 12.4. The van der Waals surface area contributed by atoms with Crippen molar-refractivity contribution in [2.45, 2.75) is 18.9 Å². The summed E-state index contributed by atoms with van der Waals surface area (Å²) in [5, 5.41) is 3.02. The molecular weight excluding hydrogens is 300 g/mol. The Morgan fingerprint density at radius 3 is 2.83 bits per heavy atom. The topological polar surface area (TPSA) is 48.5 Å². The van der Waals surface area contributed by atoms with Gasteiger partial charge in [0.15, 0.2) is 0 Å². The van der Waals surface area contributed by atoms with Crippen LogP contribution in [0.25, 0.3) is 0 Å². The van der Waals surface area contributed by atoms with Gasteiger partial charge in [-0.25, -0.2) is 9.78 Å². The lowest BCUT2D eigenvalue weighted by molar-refractivity contribution is 0.208. The number of nitrogens with zero attached hydrogens (tertiary/aromatic N) is 3. The molecule has 1 saturated heterocycles. The second-order valence-corrected chi connectivity index (χ2v) is 6.42. The lowest BCUT2D eigenvalue weighted by Crippen LogP contribution is -2.38. The van der Waals surface area contributed by atoms with Gasteiger partial charge in [-0.15, -0.1) is 0 Å². The molecule has 1 fully saturated rings. The minimum absolute atomic E-state index is 0.0108. The number of aromatic nitrogens is 1. The Kier molecular flexibility index (Phi) is 4.99. The number of rotatable bonds is 4. The molecule has 24 heavy (non-hydrogen) atoms. The molecule has 1 N–H and O–H groups in total. The Bertz CT molecular complexity index is 687. The van der Waals surface area contributed by atoms with Crippen LogP contribution in [-0.4, -0.2) is 43.1 Å². The summed E-state index contributed by atoms with van der Waals surface area (Å²) in [6, 6.07) is 14.4. The van der Waals surface area contributed by atoms with E-state index in [1.807, 2.05) is 42.1 Å². The van der Waals surface area contributed by atoms with Crippen LogP contribution >= 0.6 is 0 Å². The largest absolute Gasteiger partial charge is 0.363 e. The fraction of sp³-hybridized carbons (Fsp3) is 0.368. The Hall–Kier alpha value is -2.56. The Balaban J connectivity index is 1.54. The number of amides is 2. The zero-order valence-electron chi connectivity index (χ0n) is 14.3. The molecule has 2 aromatic rings. The van der Waals surface area contributed by atoms with E-state index in [2.05, 4.69) is 34.6 Å². The molecule has 2 heterocycles. The molecule has 5 nitrogen and oxygen atoms in total. The van der Waals surface area contributed by atoms with Crippen molar-refractivity contribution in [3.8, 4) is 0 Å². The summed E-state index contributed by atoms with van der Waals surface area (Å²) in [5.74, 6) is 1.34. The van der Waals surface area contributed by atoms with Crippen molar-refractivity contribution in [1.82, 2.24) is 15.2 Å². The van der Waals surface area contributed by atoms with Gasteiger partial charge in [0.2, 0.25) is 0 Å². The third-order valence-corrected chi connectivity index (χ3v) is 4.46. The van der Waals surface area contributed by atoms with Crippen LogP contribution in [0.1, 0.15) is 23.5 Å². The molecule has 126 valence electrons. The van der Waals surface area contributed by atoms with Gasteiger partial charge in [-0.2, -0.15) is 0 Å². The number of anilines is 1. The van der Waals surface area contributed by atoms with Gasteiger partial charge < -0.3 is 15.1 Å². The van der Waals surface area contributed by atoms with Crippen LogP contribution < -0.4 is 10.2 Å². The van der Waals surface area contributed by atoms with Crippen LogP contribution in [0.4, 0.5) is 10.6 Å². The minimum Gasteiger partial charge on any atom is -0.363 e. The summed E-state index contributed by atoms with van der Waals surface area (Å²) in [6.45, 7) is 2.12. The first-order chi connectivity index (χ1) is 11.6.